The van der Waals surface area contributed by atoms with Crippen LogP contribution >= 0.6 is 11.3 Å². The van der Waals surface area contributed by atoms with Crippen LogP contribution in [0.4, 0.5) is 4.39 Å². The third kappa shape index (κ3) is 3.71. The van der Waals surface area contributed by atoms with Crippen LogP contribution in [-0.2, 0) is 6.54 Å². The van der Waals surface area contributed by atoms with Crippen LogP contribution in [0.1, 0.15) is 49.0 Å². The first-order valence-electron chi connectivity index (χ1n) is 8.47. The lowest BCUT2D eigenvalue weighted by atomic mass is 10.0. The minimum absolute atomic E-state index is 0.347. The predicted molar refractivity (Wildman–Crippen MR) is 100 cm³/mol. The first-order valence-corrected chi connectivity index (χ1v) is 9.29. The normalized spacial score (nSPS) is 12.3. The molecule has 3 rings (SSSR count). The zero-order chi connectivity index (χ0) is 18.0. The molecule has 0 aliphatic heterocycles. The smallest absolute Gasteiger partial charge is 0.279 e. The van der Waals surface area contributed by atoms with E-state index in [4.69, 9.17) is 0 Å². The number of hydrogen-bond acceptors (Lipinski definition) is 2. The van der Waals surface area contributed by atoms with Gasteiger partial charge in [0.05, 0.1) is 10.2 Å². The number of benzene rings is 2. The molecule has 0 fully saturated rings. The Morgan fingerprint density at radius 2 is 1.92 bits per heavy atom. The minimum atomic E-state index is -0.360. The fourth-order valence-electron chi connectivity index (χ4n) is 2.72. The number of aryl methyl sites for hydroxylation is 1. The molecule has 3 nitrogen and oxygen atoms in total. The van der Waals surface area contributed by atoms with Crippen LogP contribution < -0.4 is 4.80 Å². The van der Waals surface area contributed by atoms with Gasteiger partial charge < -0.3 is 4.57 Å². The van der Waals surface area contributed by atoms with Crippen molar-refractivity contribution in [2.45, 2.75) is 39.7 Å². The van der Waals surface area contributed by atoms with Crippen molar-refractivity contribution in [2.75, 3.05) is 0 Å². The quantitative estimate of drug-likeness (QED) is 0.639. The number of carbonyl (C=O) groups excluding carboxylic acids is 1. The van der Waals surface area contributed by atoms with Crippen LogP contribution in [0.2, 0.25) is 0 Å². The molecule has 1 aromatic heterocycles. The van der Waals surface area contributed by atoms with Crippen LogP contribution in [0.5, 0.6) is 0 Å². The van der Waals surface area contributed by atoms with Crippen LogP contribution in [0.3, 0.4) is 0 Å². The molecule has 0 spiro atoms. The Hall–Kier alpha value is -2.27. The summed E-state index contributed by atoms with van der Waals surface area (Å²) in [6.07, 6.45) is 0.954. The first-order chi connectivity index (χ1) is 12.0. The van der Waals surface area contributed by atoms with Crippen LogP contribution in [0, 0.1) is 5.82 Å². The molecule has 1 heterocycles. The van der Waals surface area contributed by atoms with Gasteiger partial charge in [0.15, 0.2) is 4.80 Å². The maximum atomic E-state index is 13.0. The molecule has 25 heavy (non-hydrogen) atoms. The molecular weight excluding hydrogens is 335 g/mol. The van der Waals surface area contributed by atoms with Gasteiger partial charge >= 0.3 is 0 Å². The topological polar surface area (TPSA) is 34.4 Å². The molecule has 0 bridgehead atoms. The molecular formula is C20H21FN2OS. The van der Waals surface area contributed by atoms with Crippen molar-refractivity contribution >= 4 is 27.5 Å². The van der Waals surface area contributed by atoms with Crippen LogP contribution in [0.25, 0.3) is 10.2 Å². The molecule has 0 N–H and O–H groups in total. The fourth-order valence-corrected chi connectivity index (χ4v) is 3.82. The number of thiazole rings is 1. The monoisotopic (exact) mass is 356 g/mol. The molecule has 0 unspecified atom stereocenters. The number of halogens is 1. The molecule has 5 heteroatoms. The van der Waals surface area contributed by atoms with Crippen molar-refractivity contribution in [1.82, 2.24) is 4.57 Å². The summed E-state index contributed by atoms with van der Waals surface area (Å²) in [7, 11) is 0. The van der Waals surface area contributed by atoms with Gasteiger partial charge in [-0.3, -0.25) is 4.79 Å². The van der Waals surface area contributed by atoms with Gasteiger partial charge in [0.25, 0.3) is 5.91 Å². The van der Waals surface area contributed by atoms with Crippen molar-refractivity contribution in [1.29, 1.82) is 0 Å². The summed E-state index contributed by atoms with van der Waals surface area (Å²) >= 11 is 1.52. The molecule has 0 atom stereocenters. The van der Waals surface area contributed by atoms with E-state index in [-0.39, 0.29) is 11.7 Å². The average molecular weight is 356 g/mol. The Kier molecular flexibility index (Phi) is 5.13. The van der Waals surface area contributed by atoms with E-state index in [9.17, 15) is 9.18 Å². The lowest BCUT2D eigenvalue weighted by Gasteiger charge is -2.06. The Balaban J connectivity index is 2.11. The van der Waals surface area contributed by atoms with Gasteiger partial charge in [-0.2, -0.15) is 4.99 Å². The molecule has 0 aliphatic rings. The molecule has 1 amide bonds. The van der Waals surface area contributed by atoms with Crippen molar-refractivity contribution < 1.29 is 9.18 Å². The Morgan fingerprint density at radius 1 is 1.20 bits per heavy atom. The summed E-state index contributed by atoms with van der Waals surface area (Å²) in [5, 5.41) is 0. The Labute approximate surface area is 150 Å². The molecule has 0 radical (unpaired) electrons. The highest BCUT2D eigenvalue weighted by molar-refractivity contribution is 7.16. The zero-order valence-electron chi connectivity index (χ0n) is 14.6. The molecule has 3 aromatic rings. The third-order valence-corrected chi connectivity index (χ3v) is 5.15. The van der Waals surface area contributed by atoms with Gasteiger partial charge in [-0.25, -0.2) is 4.39 Å². The highest BCUT2D eigenvalue weighted by Gasteiger charge is 2.10. The van der Waals surface area contributed by atoms with E-state index in [0.29, 0.717) is 16.3 Å². The first kappa shape index (κ1) is 17.5. The maximum absolute atomic E-state index is 13.0. The summed E-state index contributed by atoms with van der Waals surface area (Å²) in [5.74, 6) is -0.256. The number of nitrogens with zero attached hydrogens (tertiary/aromatic N) is 2. The van der Waals surface area contributed by atoms with E-state index < -0.39 is 0 Å². The predicted octanol–water partition coefficient (Wildman–Crippen LogP) is 5.12. The highest BCUT2D eigenvalue weighted by atomic mass is 32.1. The van der Waals surface area contributed by atoms with Gasteiger partial charge in [-0.15, -0.1) is 0 Å². The highest BCUT2D eigenvalue weighted by Crippen LogP contribution is 2.23. The average Bonchev–Trinajstić information content (AvgIpc) is 2.92. The number of carbonyl (C=O) groups is 1. The van der Waals surface area contributed by atoms with Gasteiger partial charge in [0.1, 0.15) is 5.82 Å². The third-order valence-electron chi connectivity index (χ3n) is 4.11. The second-order valence-electron chi connectivity index (χ2n) is 6.34. The van der Waals surface area contributed by atoms with E-state index in [2.05, 4.69) is 48.5 Å². The lowest BCUT2D eigenvalue weighted by Crippen LogP contribution is -2.16. The van der Waals surface area contributed by atoms with E-state index in [1.807, 2.05) is 0 Å². The molecule has 130 valence electrons. The summed E-state index contributed by atoms with van der Waals surface area (Å²) in [5.41, 5.74) is 2.76. The van der Waals surface area contributed by atoms with Crippen LogP contribution in [-0.4, -0.2) is 10.5 Å². The van der Waals surface area contributed by atoms with Gasteiger partial charge in [0, 0.05) is 12.1 Å². The molecule has 0 saturated heterocycles. The molecule has 0 saturated carbocycles. The summed E-state index contributed by atoms with van der Waals surface area (Å²) in [4.78, 5) is 17.4. The van der Waals surface area contributed by atoms with Crippen molar-refractivity contribution in [3.63, 3.8) is 0 Å². The summed E-state index contributed by atoms with van der Waals surface area (Å²) in [6, 6.07) is 11.9. The summed E-state index contributed by atoms with van der Waals surface area (Å²) < 4.78 is 16.3. The Bertz CT molecular complexity index is 968. The molecule has 2 aromatic carbocycles. The number of fused-ring (bicyclic) bond motifs is 1. The maximum Gasteiger partial charge on any atom is 0.279 e. The van der Waals surface area contributed by atoms with E-state index >= 15 is 0 Å². The summed E-state index contributed by atoms with van der Waals surface area (Å²) in [6.45, 7) is 7.23. The van der Waals surface area contributed by atoms with E-state index in [0.717, 1.165) is 23.2 Å². The second kappa shape index (κ2) is 7.31. The largest absolute Gasteiger partial charge is 0.316 e. The van der Waals surface area contributed by atoms with Gasteiger partial charge in [-0.1, -0.05) is 38.2 Å². The van der Waals surface area contributed by atoms with Gasteiger partial charge in [-0.05, 0) is 54.3 Å². The van der Waals surface area contributed by atoms with E-state index in [1.54, 1.807) is 0 Å². The zero-order valence-corrected chi connectivity index (χ0v) is 15.4. The Morgan fingerprint density at radius 3 is 2.56 bits per heavy atom. The van der Waals surface area contributed by atoms with Gasteiger partial charge in [0.2, 0.25) is 0 Å². The number of amides is 1. The van der Waals surface area contributed by atoms with Crippen molar-refractivity contribution in [3.8, 4) is 0 Å². The fraction of sp³-hybridized carbons (Fsp3) is 0.300. The SMILES string of the molecule is CCCn1c(=NC(=O)c2ccc(F)cc2)sc2cc(C(C)C)ccc21. The van der Waals surface area contributed by atoms with E-state index in [1.165, 1.54) is 41.2 Å². The minimum Gasteiger partial charge on any atom is -0.316 e. The van der Waals surface area contributed by atoms with Crippen molar-refractivity contribution in [3.05, 3.63) is 64.2 Å². The van der Waals surface area contributed by atoms with Crippen molar-refractivity contribution in [2.24, 2.45) is 4.99 Å². The molecule has 0 aliphatic carbocycles. The number of rotatable bonds is 4. The lowest BCUT2D eigenvalue weighted by molar-refractivity contribution is 0.0998. The second-order valence-corrected chi connectivity index (χ2v) is 7.35. The number of aromatic nitrogens is 1. The van der Waals surface area contributed by atoms with Crippen LogP contribution in [0.15, 0.2) is 47.5 Å². The standard InChI is InChI=1S/C20H21FN2OS/c1-4-11-23-17-10-7-15(13(2)3)12-18(17)25-20(23)22-19(24)14-5-8-16(21)9-6-14/h5-10,12-13H,4,11H2,1-3H3. The number of hydrogen-bond donors (Lipinski definition) is 0.